The van der Waals surface area contributed by atoms with Gasteiger partial charge >= 0.3 is 0 Å². The number of halogens is 4. The van der Waals surface area contributed by atoms with Crippen molar-refractivity contribution in [3.8, 4) is 0 Å². The highest BCUT2D eigenvalue weighted by Gasteiger charge is 2.34. The van der Waals surface area contributed by atoms with Crippen LogP contribution in [0, 0.1) is 0 Å². The minimum Gasteiger partial charge on any atom is -0.352 e. The summed E-state index contributed by atoms with van der Waals surface area (Å²) < 4.78 is 26.7. The van der Waals surface area contributed by atoms with Gasteiger partial charge in [-0.1, -0.05) is 95.8 Å². The molecule has 0 saturated carbocycles. The molecule has 2 amide bonds. The summed E-state index contributed by atoms with van der Waals surface area (Å²) in [7, 11) is -4.01. The number of sulfonamides is 1. The Kier molecular flexibility index (Phi) is 11.8. The van der Waals surface area contributed by atoms with Gasteiger partial charge in [0, 0.05) is 34.6 Å². The molecule has 3 rings (SSSR count). The van der Waals surface area contributed by atoms with Crippen LogP contribution in [-0.2, 0) is 32.6 Å². The topological polar surface area (TPSA) is 86.8 Å². The number of hydrogen-bond acceptors (Lipinski definition) is 4. The number of nitrogens with one attached hydrogen (secondary N) is 1. The van der Waals surface area contributed by atoms with E-state index in [0.717, 1.165) is 16.1 Å². The highest BCUT2D eigenvalue weighted by Crippen LogP contribution is 2.34. The van der Waals surface area contributed by atoms with Gasteiger partial charge in [-0.2, -0.15) is 0 Å². The fraction of sp³-hybridized carbons (Fsp3) is 0.310. The van der Waals surface area contributed by atoms with E-state index in [1.54, 1.807) is 18.2 Å². The first kappa shape index (κ1) is 33.0. The molecule has 7 nitrogen and oxygen atoms in total. The maximum atomic E-state index is 14.2. The van der Waals surface area contributed by atoms with Crippen LogP contribution in [0.1, 0.15) is 31.4 Å². The van der Waals surface area contributed by atoms with Crippen molar-refractivity contribution in [3.05, 3.63) is 97.9 Å². The minimum atomic E-state index is -4.01. The van der Waals surface area contributed by atoms with Gasteiger partial charge in [0.15, 0.2) is 0 Å². The second-order valence-electron chi connectivity index (χ2n) is 9.59. The van der Waals surface area contributed by atoms with E-state index in [4.69, 9.17) is 46.4 Å². The standard InChI is InChI=1S/C29H31Cl4N3O4S/c1-4-19(2)34-29(38)26(16-20-10-6-5-7-11-20)35(17-21-22(30)12-8-13-23(21)31)27(37)18-36(41(3,39)40)25-15-9-14-24(32)28(25)33/h5-15,19,26H,4,16-18H2,1-3H3,(H,34,38)/t19-,26-/m1/s1. The molecule has 0 heterocycles. The van der Waals surface area contributed by atoms with Gasteiger partial charge in [0.05, 0.1) is 22.0 Å². The average Bonchev–Trinajstić information content (AvgIpc) is 2.92. The molecular formula is C29H31Cl4N3O4S. The summed E-state index contributed by atoms with van der Waals surface area (Å²) in [6.07, 6.45) is 1.79. The van der Waals surface area contributed by atoms with Gasteiger partial charge in [-0.3, -0.25) is 13.9 Å². The van der Waals surface area contributed by atoms with Gasteiger partial charge < -0.3 is 10.2 Å². The minimum absolute atomic E-state index is 0.0246. The molecular weight excluding hydrogens is 628 g/mol. The molecule has 0 saturated heterocycles. The lowest BCUT2D eigenvalue weighted by Crippen LogP contribution is -2.54. The van der Waals surface area contributed by atoms with Crippen molar-refractivity contribution in [2.24, 2.45) is 0 Å². The third kappa shape index (κ3) is 8.75. The van der Waals surface area contributed by atoms with Crippen LogP contribution in [0.15, 0.2) is 66.7 Å². The average molecular weight is 659 g/mol. The molecule has 0 fully saturated rings. The Morgan fingerprint density at radius 1 is 0.878 bits per heavy atom. The third-order valence-electron chi connectivity index (χ3n) is 6.54. The highest BCUT2D eigenvalue weighted by atomic mass is 35.5. The maximum absolute atomic E-state index is 14.2. The molecule has 0 aliphatic carbocycles. The lowest BCUT2D eigenvalue weighted by atomic mass is 10.0. The monoisotopic (exact) mass is 657 g/mol. The van der Waals surface area contributed by atoms with Crippen LogP contribution in [0.2, 0.25) is 20.1 Å². The molecule has 2 atom stereocenters. The van der Waals surface area contributed by atoms with Crippen LogP contribution in [-0.4, -0.2) is 50.0 Å². The molecule has 0 bridgehead atoms. The van der Waals surface area contributed by atoms with E-state index in [9.17, 15) is 18.0 Å². The van der Waals surface area contributed by atoms with Crippen LogP contribution in [0.25, 0.3) is 0 Å². The Labute approximate surface area is 261 Å². The Morgan fingerprint density at radius 2 is 1.46 bits per heavy atom. The summed E-state index contributed by atoms with van der Waals surface area (Å²) in [5.74, 6) is -1.06. The van der Waals surface area contributed by atoms with Crippen LogP contribution in [0.3, 0.4) is 0 Å². The Balaban J connectivity index is 2.13. The zero-order valence-electron chi connectivity index (χ0n) is 22.8. The molecule has 12 heteroatoms. The molecule has 0 aromatic heterocycles. The number of hydrogen-bond donors (Lipinski definition) is 1. The number of anilines is 1. The zero-order chi connectivity index (χ0) is 30.3. The van der Waals surface area contributed by atoms with E-state index in [0.29, 0.717) is 22.0 Å². The number of benzene rings is 3. The molecule has 0 unspecified atom stereocenters. The van der Waals surface area contributed by atoms with Crippen molar-refractivity contribution in [1.82, 2.24) is 10.2 Å². The first-order chi connectivity index (χ1) is 19.3. The summed E-state index contributed by atoms with van der Waals surface area (Å²) in [5.41, 5.74) is 1.26. The van der Waals surface area contributed by atoms with E-state index < -0.39 is 34.4 Å². The smallest absolute Gasteiger partial charge is 0.244 e. The lowest BCUT2D eigenvalue weighted by Gasteiger charge is -2.34. The molecule has 3 aromatic rings. The van der Waals surface area contributed by atoms with Crippen molar-refractivity contribution >= 4 is 73.9 Å². The molecule has 0 spiro atoms. The zero-order valence-corrected chi connectivity index (χ0v) is 26.6. The van der Waals surface area contributed by atoms with E-state index >= 15 is 0 Å². The van der Waals surface area contributed by atoms with E-state index in [1.807, 2.05) is 44.2 Å². The van der Waals surface area contributed by atoms with Crippen molar-refractivity contribution in [1.29, 1.82) is 0 Å². The third-order valence-corrected chi connectivity index (χ3v) is 9.18. The van der Waals surface area contributed by atoms with Crippen molar-refractivity contribution in [2.75, 3.05) is 17.1 Å². The number of amides is 2. The largest absolute Gasteiger partial charge is 0.352 e. The van der Waals surface area contributed by atoms with Crippen LogP contribution in [0.4, 0.5) is 5.69 Å². The lowest BCUT2D eigenvalue weighted by molar-refractivity contribution is -0.140. The molecule has 3 aromatic carbocycles. The molecule has 0 aliphatic heterocycles. The van der Waals surface area contributed by atoms with Crippen molar-refractivity contribution < 1.29 is 18.0 Å². The summed E-state index contributed by atoms with van der Waals surface area (Å²) in [6.45, 7) is 3.00. The number of rotatable bonds is 12. The van der Waals surface area contributed by atoms with Gasteiger partial charge in [-0.25, -0.2) is 8.42 Å². The highest BCUT2D eigenvalue weighted by molar-refractivity contribution is 7.92. The summed E-state index contributed by atoms with van der Waals surface area (Å²) in [5, 5.41) is 3.66. The van der Waals surface area contributed by atoms with Crippen LogP contribution < -0.4 is 9.62 Å². The normalized spacial score (nSPS) is 12.9. The number of nitrogens with zero attached hydrogens (tertiary/aromatic N) is 2. The number of carbonyl (C=O) groups excluding carboxylic acids is 2. The predicted octanol–water partition coefficient (Wildman–Crippen LogP) is 6.62. The quantitative estimate of drug-likeness (QED) is 0.237. The second-order valence-corrected chi connectivity index (χ2v) is 13.1. The van der Waals surface area contributed by atoms with Gasteiger partial charge in [0.1, 0.15) is 12.6 Å². The summed E-state index contributed by atoms with van der Waals surface area (Å²) in [6, 6.07) is 17.5. The maximum Gasteiger partial charge on any atom is 0.244 e. The first-order valence-electron chi connectivity index (χ1n) is 12.8. The Morgan fingerprint density at radius 3 is 2.05 bits per heavy atom. The van der Waals surface area contributed by atoms with Gasteiger partial charge in [-0.05, 0) is 43.2 Å². The molecule has 220 valence electrons. The summed E-state index contributed by atoms with van der Waals surface area (Å²) >= 11 is 25.5. The number of carbonyl (C=O) groups is 2. The molecule has 41 heavy (non-hydrogen) atoms. The van der Waals surface area contributed by atoms with Crippen LogP contribution >= 0.6 is 46.4 Å². The Bertz CT molecular complexity index is 1470. The van der Waals surface area contributed by atoms with E-state index in [2.05, 4.69) is 5.32 Å². The molecule has 0 radical (unpaired) electrons. The van der Waals surface area contributed by atoms with E-state index in [-0.39, 0.29) is 34.7 Å². The Hall–Kier alpha value is -2.49. The van der Waals surface area contributed by atoms with Gasteiger partial charge in [0.2, 0.25) is 21.8 Å². The van der Waals surface area contributed by atoms with Crippen LogP contribution in [0.5, 0.6) is 0 Å². The molecule has 0 aliphatic rings. The van der Waals surface area contributed by atoms with Gasteiger partial charge in [-0.15, -0.1) is 0 Å². The predicted molar refractivity (Wildman–Crippen MR) is 167 cm³/mol. The second kappa shape index (κ2) is 14.6. The first-order valence-corrected chi connectivity index (χ1v) is 16.2. The van der Waals surface area contributed by atoms with Crippen molar-refractivity contribution in [3.63, 3.8) is 0 Å². The molecule has 1 N–H and O–H groups in total. The fourth-order valence-electron chi connectivity index (χ4n) is 4.13. The van der Waals surface area contributed by atoms with E-state index in [1.165, 1.54) is 23.1 Å². The fourth-order valence-corrected chi connectivity index (χ4v) is 5.95. The SMILES string of the molecule is CC[C@@H](C)NC(=O)[C@@H](Cc1ccccc1)N(Cc1c(Cl)cccc1Cl)C(=O)CN(c1cccc(Cl)c1Cl)S(C)(=O)=O. The summed E-state index contributed by atoms with van der Waals surface area (Å²) in [4.78, 5) is 29.2. The van der Waals surface area contributed by atoms with Crippen molar-refractivity contribution in [2.45, 2.75) is 45.3 Å². The van der Waals surface area contributed by atoms with Gasteiger partial charge in [0.25, 0.3) is 0 Å².